The molecular weight excluding hydrogens is 286 g/mol. The lowest BCUT2D eigenvalue weighted by atomic mass is 10.1. The van der Waals surface area contributed by atoms with E-state index < -0.39 is 10.0 Å². The molecule has 4 nitrogen and oxygen atoms in total. The molecule has 21 heavy (non-hydrogen) atoms. The molecule has 0 atom stereocenters. The molecule has 0 heterocycles. The van der Waals surface area contributed by atoms with Crippen molar-refractivity contribution in [1.82, 2.24) is 0 Å². The first-order valence-corrected chi connectivity index (χ1v) is 9.45. The van der Waals surface area contributed by atoms with Crippen LogP contribution >= 0.6 is 0 Å². The number of nitrogens with two attached hydrogens (primary N) is 1. The Balaban J connectivity index is 2.10. The van der Waals surface area contributed by atoms with Gasteiger partial charge in [-0.25, -0.2) is 13.6 Å². The van der Waals surface area contributed by atoms with Crippen molar-refractivity contribution < 1.29 is 13.2 Å². The largest absolute Gasteiger partial charge is 0.494 e. The second-order valence-electron chi connectivity index (χ2n) is 5.38. The van der Waals surface area contributed by atoms with Gasteiger partial charge in [-0.05, 0) is 43.4 Å². The summed E-state index contributed by atoms with van der Waals surface area (Å²) in [6.45, 7) is 2.87. The lowest BCUT2D eigenvalue weighted by molar-refractivity contribution is 0.305. The Morgan fingerprint density at radius 1 is 1.00 bits per heavy atom. The number of sulfonamides is 1. The van der Waals surface area contributed by atoms with E-state index in [1.54, 1.807) is 0 Å². The number of hydrogen-bond donors (Lipinski definition) is 1. The second-order valence-corrected chi connectivity index (χ2v) is 7.11. The number of aryl methyl sites for hydroxylation is 1. The van der Waals surface area contributed by atoms with Crippen molar-refractivity contribution in [2.24, 2.45) is 5.14 Å². The van der Waals surface area contributed by atoms with Crippen LogP contribution < -0.4 is 9.88 Å². The zero-order chi connectivity index (χ0) is 15.6. The van der Waals surface area contributed by atoms with Crippen molar-refractivity contribution in [3.05, 3.63) is 29.8 Å². The number of rotatable bonds is 11. The first-order chi connectivity index (χ1) is 10.0. The molecule has 0 aliphatic rings. The molecular formula is C16H27NO3S. The van der Waals surface area contributed by atoms with Gasteiger partial charge in [0.25, 0.3) is 0 Å². The van der Waals surface area contributed by atoms with Gasteiger partial charge in [0.05, 0.1) is 12.4 Å². The summed E-state index contributed by atoms with van der Waals surface area (Å²) >= 11 is 0. The van der Waals surface area contributed by atoms with E-state index in [9.17, 15) is 8.42 Å². The molecule has 0 bridgehead atoms. The summed E-state index contributed by atoms with van der Waals surface area (Å²) in [6, 6.07) is 8.28. The van der Waals surface area contributed by atoms with E-state index in [1.165, 1.54) is 18.4 Å². The van der Waals surface area contributed by atoms with E-state index in [4.69, 9.17) is 9.88 Å². The van der Waals surface area contributed by atoms with Gasteiger partial charge in [0.1, 0.15) is 5.75 Å². The normalized spacial score (nSPS) is 11.5. The monoisotopic (exact) mass is 313 g/mol. The molecule has 0 amide bonds. The molecule has 5 heteroatoms. The molecule has 0 saturated heterocycles. The summed E-state index contributed by atoms with van der Waals surface area (Å²) in [5, 5.41) is 4.94. The highest BCUT2D eigenvalue weighted by atomic mass is 32.2. The fourth-order valence-electron chi connectivity index (χ4n) is 2.08. The van der Waals surface area contributed by atoms with Crippen molar-refractivity contribution in [2.75, 3.05) is 12.4 Å². The zero-order valence-electron chi connectivity index (χ0n) is 12.9. The summed E-state index contributed by atoms with van der Waals surface area (Å²) < 4.78 is 27.2. The molecule has 0 aromatic heterocycles. The maximum absolute atomic E-state index is 10.8. The van der Waals surface area contributed by atoms with Crippen LogP contribution in [0.25, 0.3) is 0 Å². The lowest BCUT2D eigenvalue weighted by Crippen LogP contribution is -2.16. The van der Waals surface area contributed by atoms with Crippen LogP contribution in [-0.4, -0.2) is 20.8 Å². The van der Waals surface area contributed by atoms with Crippen molar-refractivity contribution in [3.8, 4) is 5.75 Å². The third kappa shape index (κ3) is 9.47. The molecule has 0 aliphatic heterocycles. The summed E-state index contributed by atoms with van der Waals surface area (Å²) in [4.78, 5) is 0. The highest BCUT2D eigenvalue weighted by molar-refractivity contribution is 7.89. The van der Waals surface area contributed by atoms with Gasteiger partial charge in [0.2, 0.25) is 10.0 Å². The van der Waals surface area contributed by atoms with Crippen molar-refractivity contribution >= 4 is 10.0 Å². The van der Waals surface area contributed by atoms with Crippen LogP contribution in [0.3, 0.4) is 0 Å². The number of primary sulfonamides is 1. The molecule has 120 valence electrons. The van der Waals surface area contributed by atoms with E-state index in [0.29, 0.717) is 13.0 Å². The van der Waals surface area contributed by atoms with Crippen LogP contribution in [-0.2, 0) is 16.4 Å². The van der Waals surface area contributed by atoms with Crippen LogP contribution in [0.4, 0.5) is 0 Å². The Kier molecular flexibility index (Phi) is 8.38. The highest BCUT2D eigenvalue weighted by Crippen LogP contribution is 2.14. The van der Waals surface area contributed by atoms with Gasteiger partial charge in [-0.2, -0.15) is 0 Å². The smallest absolute Gasteiger partial charge is 0.209 e. The van der Waals surface area contributed by atoms with Crippen molar-refractivity contribution in [2.45, 2.75) is 51.9 Å². The van der Waals surface area contributed by atoms with E-state index in [2.05, 4.69) is 19.1 Å². The molecule has 0 spiro atoms. The van der Waals surface area contributed by atoms with E-state index in [1.807, 2.05) is 12.1 Å². The number of hydrogen-bond acceptors (Lipinski definition) is 3. The standard InChI is InChI=1S/C16H27NO3S/c1-2-3-8-15-9-11-16(12-10-15)20-13-6-4-5-7-14-21(17,18)19/h9-12H,2-8,13-14H2,1H3,(H2,17,18,19). The maximum Gasteiger partial charge on any atom is 0.209 e. The molecule has 2 N–H and O–H groups in total. The van der Waals surface area contributed by atoms with Crippen molar-refractivity contribution in [3.63, 3.8) is 0 Å². The van der Waals surface area contributed by atoms with Crippen LogP contribution in [0.15, 0.2) is 24.3 Å². The molecule has 0 unspecified atom stereocenters. The molecule has 0 aliphatic carbocycles. The third-order valence-electron chi connectivity index (χ3n) is 3.33. The van der Waals surface area contributed by atoms with Gasteiger partial charge in [-0.15, -0.1) is 0 Å². The number of ether oxygens (including phenoxy) is 1. The van der Waals surface area contributed by atoms with Crippen LogP contribution in [0.5, 0.6) is 5.75 Å². The first-order valence-electron chi connectivity index (χ1n) is 7.73. The van der Waals surface area contributed by atoms with Gasteiger partial charge >= 0.3 is 0 Å². The van der Waals surface area contributed by atoms with Crippen molar-refractivity contribution in [1.29, 1.82) is 0 Å². The Morgan fingerprint density at radius 3 is 2.29 bits per heavy atom. The second kappa shape index (κ2) is 9.79. The summed E-state index contributed by atoms with van der Waals surface area (Å²) in [6.07, 6.45) is 6.95. The topological polar surface area (TPSA) is 69.4 Å². The van der Waals surface area contributed by atoms with Crippen LogP contribution in [0.1, 0.15) is 51.0 Å². The quantitative estimate of drug-likeness (QED) is 0.637. The first kappa shape index (κ1) is 18.0. The van der Waals surface area contributed by atoms with Gasteiger partial charge in [-0.3, -0.25) is 0 Å². The SMILES string of the molecule is CCCCc1ccc(OCCCCCCS(N)(=O)=O)cc1. The predicted octanol–water partition coefficient (Wildman–Crippen LogP) is 3.26. The van der Waals surface area contributed by atoms with Gasteiger partial charge < -0.3 is 4.74 Å². The average Bonchev–Trinajstić information content (AvgIpc) is 2.44. The van der Waals surface area contributed by atoms with E-state index in [-0.39, 0.29) is 5.75 Å². The van der Waals surface area contributed by atoms with Gasteiger partial charge in [-0.1, -0.05) is 38.3 Å². The summed E-state index contributed by atoms with van der Waals surface area (Å²) in [5.41, 5.74) is 1.35. The van der Waals surface area contributed by atoms with Crippen LogP contribution in [0.2, 0.25) is 0 Å². The minimum Gasteiger partial charge on any atom is -0.494 e. The number of benzene rings is 1. The van der Waals surface area contributed by atoms with Gasteiger partial charge in [0, 0.05) is 0 Å². The van der Waals surface area contributed by atoms with E-state index in [0.717, 1.165) is 31.4 Å². The fraction of sp³-hybridized carbons (Fsp3) is 0.625. The summed E-state index contributed by atoms with van der Waals surface area (Å²) in [7, 11) is -3.30. The molecule has 0 fully saturated rings. The van der Waals surface area contributed by atoms with Crippen LogP contribution in [0, 0.1) is 0 Å². The highest BCUT2D eigenvalue weighted by Gasteiger charge is 2.01. The minimum absolute atomic E-state index is 0.0765. The number of unbranched alkanes of at least 4 members (excludes halogenated alkanes) is 4. The fourth-order valence-corrected chi connectivity index (χ4v) is 2.69. The third-order valence-corrected chi connectivity index (χ3v) is 4.19. The minimum atomic E-state index is -3.30. The van der Waals surface area contributed by atoms with E-state index >= 15 is 0 Å². The molecule has 1 rings (SSSR count). The molecule has 1 aromatic carbocycles. The molecule has 0 radical (unpaired) electrons. The lowest BCUT2D eigenvalue weighted by Gasteiger charge is -2.07. The Morgan fingerprint density at radius 2 is 1.67 bits per heavy atom. The zero-order valence-corrected chi connectivity index (χ0v) is 13.7. The Labute approximate surface area is 128 Å². The van der Waals surface area contributed by atoms with Gasteiger partial charge in [0.15, 0.2) is 0 Å². The predicted molar refractivity (Wildman–Crippen MR) is 87.0 cm³/mol. The maximum atomic E-state index is 10.8. The average molecular weight is 313 g/mol. The summed E-state index contributed by atoms with van der Waals surface area (Å²) in [5.74, 6) is 0.979. The molecule has 0 saturated carbocycles. The molecule has 1 aromatic rings. The Hall–Kier alpha value is -1.07. The Bertz CT molecular complexity index is 483.